The summed E-state index contributed by atoms with van der Waals surface area (Å²) in [5, 5.41) is 2.88. The van der Waals surface area contributed by atoms with E-state index in [0.717, 1.165) is 9.87 Å². The SMILES string of the molecule is COc1ccc(N(CC(=O)N(Cc2cccc(OC)c2)[C@@H](C)C(=O)NCC(C)C)S(=O)(=O)c2ccccc2)cc1. The summed E-state index contributed by atoms with van der Waals surface area (Å²) in [5.41, 5.74) is 1.02. The lowest BCUT2D eigenvalue weighted by molar-refractivity contribution is -0.139. The molecule has 40 heavy (non-hydrogen) atoms. The van der Waals surface area contributed by atoms with Crippen molar-refractivity contribution in [2.45, 2.75) is 38.3 Å². The first-order chi connectivity index (χ1) is 19.1. The second kappa shape index (κ2) is 13.8. The number of hydrogen-bond donors (Lipinski definition) is 1. The normalized spacial score (nSPS) is 11.9. The van der Waals surface area contributed by atoms with Crippen molar-refractivity contribution in [3.05, 3.63) is 84.4 Å². The van der Waals surface area contributed by atoms with Gasteiger partial charge in [0.05, 0.1) is 24.8 Å². The maximum Gasteiger partial charge on any atom is 0.264 e. The highest BCUT2D eigenvalue weighted by molar-refractivity contribution is 7.92. The number of rotatable bonds is 13. The molecule has 214 valence electrons. The number of ether oxygens (including phenoxy) is 2. The molecule has 0 saturated carbocycles. The lowest BCUT2D eigenvalue weighted by Gasteiger charge is -2.32. The predicted molar refractivity (Wildman–Crippen MR) is 155 cm³/mol. The Hall–Kier alpha value is -4.05. The van der Waals surface area contributed by atoms with Crippen molar-refractivity contribution in [3.63, 3.8) is 0 Å². The second-order valence-electron chi connectivity index (χ2n) is 9.71. The zero-order valence-corrected chi connectivity index (χ0v) is 24.4. The first-order valence-corrected chi connectivity index (χ1v) is 14.4. The minimum atomic E-state index is -4.13. The van der Waals surface area contributed by atoms with Crippen molar-refractivity contribution in [3.8, 4) is 11.5 Å². The zero-order chi connectivity index (χ0) is 29.3. The van der Waals surface area contributed by atoms with E-state index >= 15 is 0 Å². The summed E-state index contributed by atoms with van der Waals surface area (Å²) in [5.74, 6) is 0.507. The number of anilines is 1. The molecule has 0 radical (unpaired) electrons. The molecule has 2 amide bonds. The second-order valence-corrected chi connectivity index (χ2v) is 11.6. The van der Waals surface area contributed by atoms with Crippen LogP contribution in [0, 0.1) is 5.92 Å². The summed E-state index contributed by atoms with van der Waals surface area (Å²) >= 11 is 0. The molecule has 1 N–H and O–H groups in total. The van der Waals surface area contributed by atoms with Crippen LogP contribution < -0.4 is 19.1 Å². The first-order valence-electron chi connectivity index (χ1n) is 13.0. The number of amides is 2. The standard InChI is InChI=1S/C30H37N3O6S/c1-22(2)19-31-30(35)23(3)32(20-24-10-9-11-27(18-24)39-5)29(34)21-33(25-14-16-26(38-4)17-15-25)40(36,37)28-12-7-6-8-13-28/h6-18,22-23H,19-21H2,1-5H3,(H,31,35)/t23-/m0/s1. The van der Waals surface area contributed by atoms with Gasteiger partial charge in [-0.25, -0.2) is 8.42 Å². The van der Waals surface area contributed by atoms with Crippen LogP contribution in [0.5, 0.6) is 11.5 Å². The molecule has 10 heteroatoms. The molecule has 0 aliphatic heterocycles. The monoisotopic (exact) mass is 567 g/mol. The minimum Gasteiger partial charge on any atom is -0.497 e. The largest absolute Gasteiger partial charge is 0.497 e. The molecule has 9 nitrogen and oxygen atoms in total. The summed E-state index contributed by atoms with van der Waals surface area (Å²) in [7, 11) is -1.07. The zero-order valence-electron chi connectivity index (χ0n) is 23.5. The fourth-order valence-electron chi connectivity index (χ4n) is 4.00. The molecule has 0 aromatic heterocycles. The maximum atomic E-state index is 14.0. The molecular formula is C30H37N3O6S. The van der Waals surface area contributed by atoms with E-state index in [1.165, 1.54) is 24.1 Å². The first kappa shape index (κ1) is 30.5. The number of nitrogens with one attached hydrogen (secondary N) is 1. The molecule has 0 unspecified atom stereocenters. The van der Waals surface area contributed by atoms with E-state index in [1.807, 2.05) is 19.9 Å². The molecule has 0 heterocycles. The van der Waals surface area contributed by atoms with E-state index in [2.05, 4.69) is 5.32 Å². The van der Waals surface area contributed by atoms with Gasteiger partial charge in [0.2, 0.25) is 11.8 Å². The van der Waals surface area contributed by atoms with Gasteiger partial charge in [0.1, 0.15) is 24.1 Å². The van der Waals surface area contributed by atoms with E-state index in [4.69, 9.17) is 9.47 Å². The quantitative estimate of drug-likeness (QED) is 0.334. The molecule has 0 aliphatic carbocycles. The molecule has 3 aromatic carbocycles. The highest BCUT2D eigenvalue weighted by Gasteiger charge is 2.32. The summed E-state index contributed by atoms with van der Waals surface area (Å²) in [6.45, 7) is 5.60. The number of benzene rings is 3. The Bertz CT molecular complexity index is 1380. The number of hydrogen-bond acceptors (Lipinski definition) is 6. The van der Waals surface area contributed by atoms with Crippen LogP contribution in [-0.2, 0) is 26.2 Å². The Labute approximate surface area is 236 Å². The Balaban J connectivity index is 2.01. The number of carbonyl (C=O) groups excluding carboxylic acids is 2. The third-order valence-electron chi connectivity index (χ3n) is 6.31. The van der Waals surface area contributed by atoms with Gasteiger partial charge in [-0.05, 0) is 66.9 Å². The van der Waals surface area contributed by atoms with Gasteiger partial charge in [-0.2, -0.15) is 0 Å². The van der Waals surface area contributed by atoms with Crippen LogP contribution >= 0.6 is 0 Å². The summed E-state index contributed by atoms with van der Waals surface area (Å²) in [6.07, 6.45) is 0. The third-order valence-corrected chi connectivity index (χ3v) is 8.10. The topological polar surface area (TPSA) is 105 Å². The van der Waals surface area contributed by atoms with Gasteiger partial charge in [-0.3, -0.25) is 13.9 Å². The van der Waals surface area contributed by atoms with Crippen LogP contribution in [0.25, 0.3) is 0 Å². The highest BCUT2D eigenvalue weighted by Crippen LogP contribution is 2.26. The van der Waals surface area contributed by atoms with Crippen LogP contribution in [0.3, 0.4) is 0 Å². The van der Waals surface area contributed by atoms with Gasteiger partial charge >= 0.3 is 0 Å². The van der Waals surface area contributed by atoms with E-state index < -0.39 is 28.5 Å². The van der Waals surface area contributed by atoms with Crippen LogP contribution in [0.2, 0.25) is 0 Å². The Morgan fingerprint density at radius 1 is 0.850 bits per heavy atom. The van der Waals surface area contributed by atoms with Crippen molar-refractivity contribution < 1.29 is 27.5 Å². The van der Waals surface area contributed by atoms with Gasteiger partial charge in [-0.1, -0.05) is 44.2 Å². The van der Waals surface area contributed by atoms with Gasteiger partial charge in [0.25, 0.3) is 10.0 Å². The number of carbonyl (C=O) groups is 2. The Morgan fingerprint density at radius 3 is 2.10 bits per heavy atom. The van der Waals surface area contributed by atoms with Crippen molar-refractivity contribution in [2.75, 3.05) is 31.6 Å². The highest BCUT2D eigenvalue weighted by atomic mass is 32.2. The summed E-state index contributed by atoms with van der Waals surface area (Å²) in [6, 6.07) is 20.7. The fourth-order valence-corrected chi connectivity index (χ4v) is 5.43. The number of nitrogens with zero attached hydrogens (tertiary/aromatic N) is 2. The third kappa shape index (κ3) is 7.75. The molecular weight excluding hydrogens is 530 g/mol. The lowest BCUT2D eigenvalue weighted by Crippen LogP contribution is -2.51. The molecule has 0 spiro atoms. The van der Waals surface area contributed by atoms with E-state index in [1.54, 1.807) is 74.7 Å². The molecule has 3 aromatic rings. The van der Waals surface area contributed by atoms with Gasteiger partial charge in [0, 0.05) is 13.1 Å². The van der Waals surface area contributed by atoms with Crippen LogP contribution in [-0.4, -0.2) is 58.5 Å². The summed E-state index contributed by atoms with van der Waals surface area (Å²) in [4.78, 5) is 28.5. The lowest BCUT2D eigenvalue weighted by atomic mass is 10.1. The molecule has 0 aliphatic rings. The number of methoxy groups -OCH3 is 2. The van der Waals surface area contributed by atoms with Crippen molar-refractivity contribution in [1.82, 2.24) is 10.2 Å². The summed E-state index contributed by atoms with van der Waals surface area (Å²) < 4.78 is 39.2. The van der Waals surface area contributed by atoms with E-state index in [-0.39, 0.29) is 29.0 Å². The van der Waals surface area contributed by atoms with Crippen molar-refractivity contribution in [2.24, 2.45) is 5.92 Å². The van der Waals surface area contributed by atoms with Crippen molar-refractivity contribution >= 4 is 27.5 Å². The van der Waals surface area contributed by atoms with E-state index in [0.29, 0.717) is 18.0 Å². The smallest absolute Gasteiger partial charge is 0.264 e. The predicted octanol–water partition coefficient (Wildman–Crippen LogP) is 4.09. The minimum absolute atomic E-state index is 0.0423. The van der Waals surface area contributed by atoms with Crippen LogP contribution in [0.4, 0.5) is 5.69 Å². The average molecular weight is 568 g/mol. The Kier molecular flexibility index (Phi) is 10.6. The van der Waals surface area contributed by atoms with E-state index in [9.17, 15) is 18.0 Å². The molecule has 0 saturated heterocycles. The molecule has 0 fully saturated rings. The Morgan fingerprint density at radius 2 is 1.50 bits per heavy atom. The van der Waals surface area contributed by atoms with Gasteiger partial charge < -0.3 is 19.7 Å². The molecule has 1 atom stereocenters. The van der Waals surface area contributed by atoms with Gasteiger partial charge in [-0.15, -0.1) is 0 Å². The van der Waals surface area contributed by atoms with Crippen molar-refractivity contribution in [1.29, 1.82) is 0 Å². The van der Waals surface area contributed by atoms with Crippen LogP contribution in [0.1, 0.15) is 26.3 Å². The maximum absolute atomic E-state index is 14.0. The number of sulfonamides is 1. The molecule has 0 bridgehead atoms. The fraction of sp³-hybridized carbons (Fsp3) is 0.333. The molecule has 3 rings (SSSR count). The van der Waals surface area contributed by atoms with Crippen LogP contribution in [0.15, 0.2) is 83.8 Å². The average Bonchev–Trinajstić information content (AvgIpc) is 2.97. The van der Waals surface area contributed by atoms with Gasteiger partial charge in [0.15, 0.2) is 0 Å².